The molecule has 1 aromatic rings. The number of rotatable bonds is 5. The molecule has 0 aromatic heterocycles. The minimum Gasteiger partial charge on any atom is -0.339 e. The number of benzene rings is 1. The first-order chi connectivity index (χ1) is 14.2. The topological polar surface area (TPSA) is 47.1 Å². The molecule has 6 nitrogen and oxygen atoms in total. The van der Waals surface area contributed by atoms with Gasteiger partial charge in [-0.25, -0.2) is 0 Å². The van der Waals surface area contributed by atoms with Gasteiger partial charge in [-0.3, -0.25) is 19.4 Å². The van der Waals surface area contributed by atoms with E-state index in [1.54, 1.807) is 6.08 Å². The normalized spacial score (nSPS) is 22.1. The van der Waals surface area contributed by atoms with Crippen LogP contribution in [0.3, 0.4) is 0 Å². The molecule has 2 heterocycles. The molecule has 3 fully saturated rings. The third kappa shape index (κ3) is 5.25. The molecule has 0 spiro atoms. The average Bonchev–Trinajstić information content (AvgIpc) is 2.72. The van der Waals surface area contributed by atoms with Crippen molar-refractivity contribution in [2.24, 2.45) is 0 Å². The Morgan fingerprint density at radius 2 is 1.52 bits per heavy atom. The summed E-state index contributed by atoms with van der Waals surface area (Å²) in [5.74, 6) is 0.286. The fourth-order valence-corrected chi connectivity index (χ4v) is 4.34. The Balaban J connectivity index is 1.17. The maximum absolute atomic E-state index is 12.7. The molecular formula is C23H32N4O2. The van der Waals surface area contributed by atoms with Gasteiger partial charge in [-0.05, 0) is 24.5 Å². The van der Waals surface area contributed by atoms with E-state index in [0.717, 1.165) is 50.9 Å². The van der Waals surface area contributed by atoms with Crippen LogP contribution in [0.5, 0.6) is 0 Å². The van der Waals surface area contributed by atoms with Crippen LogP contribution in [0.2, 0.25) is 0 Å². The van der Waals surface area contributed by atoms with Crippen molar-refractivity contribution in [2.45, 2.75) is 25.3 Å². The van der Waals surface area contributed by atoms with Crippen molar-refractivity contribution >= 4 is 17.9 Å². The summed E-state index contributed by atoms with van der Waals surface area (Å²) < 4.78 is 0. The molecule has 0 atom stereocenters. The number of hydrogen-bond acceptors (Lipinski definition) is 4. The quantitative estimate of drug-likeness (QED) is 0.709. The fourth-order valence-electron chi connectivity index (χ4n) is 4.34. The van der Waals surface area contributed by atoms with Gasteiger partial charge in [0.05, 0.1) is 6.54 Å². The second-order valence-electron chi connectivity index (χ2n) is 8.35. The number of carbonyl (C=O) groups excluding carboxylic acids is 2. The molecular weight excluding hydrogens is 364 g/mol. The van der Waals surface area contributed by atoms with Crippen LogP contribution in [0, 0.1) is 0 Å². The van der Waals surface area contributed by atoms with Crippen molar-refractivity contribution in [2.75, 3.05) is 58.9 Å². The predicted molar refractivity (Wildman–Crippen MR) is 114 cm³/mol. The molecule has 1 saturated carbocycles. The van der Waals surface area contributed by atoms with Gasteiger partial charge in [0.25, 0.3) is 0 Å². The van der Waals surface area contributed by atoms with Gasteiger partial charge in [-0.2, -0.15) is 0 Å². The molecule has 0 unspecified atom stereocenters. The van der Waals surface area contributed by atoms with Crippen LogP contribution in [0.1, 0.15) is 24.8 Å². The van der Waals surface area contributed by atoms with Crippen molar-refractivity contribution < 1.29 is 9.59 Å². The minimum absolute atomic E-state index is 0.0481. The second kappa shape index (κ2) is 9.55. The number of hydrogen-bond donors (Lipinski definition) is 0. The van der Waals surface area contributed by atoms with Crippen LogP contribution in [0.25, 0.3) is 6.08 Å². The van der Waals surface area contributed by atoms with Crippen molar-refractivity contribution in [1.29, 1.82) is 0 Å². The lowest BCUT2D eigenvalue weighted by atomic mass is 9.91. The molecule has 1 aliphatic carbocycles. The zero-order chi connectivity index (χ0) is 20.1. The van der Waals surface area contributed by atoms with E-state index in [1.165, 1.54) is 19.3 Å². The number of carbonyl (C=O) groups is 2. The van der Waals surface area contributed by atoms with Crippen LogP contribution in [0.4, 0.5) is 0 Å². The van der Waals surface area contributed by atoms with Gasteiger partial charge in [-0.15, -0.1) is 0 Å². The first-order valence-corrected chi connectivity index (χ1v) is 11.0. The van der Waals surface area contributed by atoms with Gasteiger partial charge >= 0.3 is 0 Å². The van der Waals surface area contributed by atoms with Crippen LogP contribution >= 0.6 is 0 Å². The highest BCUT2D eigenvalue weighted by atomic mass is 16.2. The third-order valence-corrected chi connectivity index (χ3v) is 6.52. The van der Waals surface area contributed by atoms with Crippen molar-refractivity contribution in [3.8, 4) is 0 Å². The van der Waals surface area contributed by atoms with Crippen LogP contribution in [0.15, 0.2) is 36.4 Å². The summed E-state index contributed by atoms with van der Waals surface area (Å²) in [4.78, 5) is 33.7. The molecule has 0 radical (unpaired) electrons. The standard InChI is InChI=1S/C23H32N4O2/c28-22(10-9-20-5-2-1-3-6-20)26-13-11-24(12-14-26)19-23(29)27-17-15-25(16-18-27)21-7-4-8-21/h1-3,5-6,9-10,21H,4,7-8,11-19H2/b10-9+. The summed E-state index contributed by atoms with van der Waals surface area (Å²) in [5, 5.41) is 0. The zero-order valence-corrected chi connectivity index (χ0v) is 17.2. The van der Waals surface area contributed by atoms with E-state index in [0.29, 0.717) is 19.6 Å². The van der Waals surface area contributed by atoms with E-state index >= 15 is 0 Å². The summed E-state index contributed by atoms with van der Waals surface area (Å²) in [6.45, 7) is 7.12. The SMILES string of the molecule is O=C(/C=C/c1ccccc1)N1CCN(CC(=O)N2CCN(C3CCC3)CC2)CC1. The van der Waals surface area contributed by atoms with E-state index in [2.05, 4.69) is 9.80 Å². The van der Waals surface area contributed by atoms with Gasteiger partial charge in [-0.1, -0.05) is 36.8 Å². The summed E-state index contributed by atoms with van der Waals surface area (Å²) in [6.07, 6.45) is 7.54. The van der Waals surface area contributed by atoms with E-state index in [4.69, 9.17) is 0 Å². The van der Waals surface area contributed by atoms with Crippen LogP contribution in [-0.4, -0.2) is 96.4 Å². The van der Waals surface area contributed by atoms with Crippen molar-refractivity contribution in [3.05, 3.63) is 42.0 Å². The maximum Gasteiger partial charge on any atom is 0.246 e. The van der Waals surface area contributed by atoms with Gasteiger partial charge in [0.2, 0.25) is 11.8 Å². The highest BCUT2D eigenvalue weighted by Gasteiger charge is 2.30. The first-order valence-electron chi connectivity index (χ1n) is 11.0. The molecule has 3 aliphatic rings. The van der Waals surface area contributed by atoms with Gasteiger partial charge in [0.15, 0.2) is 0 Å². The molecule has 0 N–H and O–H groups in total. The van der Waals surface area contributed by atoms with E-state index < -0.39 is 0 Å². The van der Waals surface area contributed by atoms with Crippen LogP contribution < -0.4 is 0 Å². The van der Waals surface area contributed by atoms with Crippen LogP contribution in [-0.2, 0) is 9.59 Å². The average molecular weight is 397 g/mol. The molecule has 29 heavy (non-hydrogen) atoms. The van der Waals surface area contributed by atoms with E-state index in [1.807, 2.05) is 46.2 Å². The van der Waals surface area contributed by atoms with Gasteiger partial charge in [0.1, 0.15) is 0 Å². The lowest BCUT2D eigenvalue weighted by Gasteiger charge is -2.43. The Bertz CT molecular complexity index is 716. The highest BCUT2D eigenvalue weighted by Crippen LogP contribution is 2.25. The molecule has 1 aromatic carbocycles. The summed E-state index contributed by atoms with van der Waals surface area (Å²) in [7, 11) is 0. The second-order valence-corrected chi connectivity index (χ2v) is 8.35. The molecule has 2 saturated heterocycles. The molecule has 2 aliphatic heterocycles. The first kappa shape index (κ1) is 20.1. The number of nitrogens with zero attached hydrogens (tertiary/aromatic N) is 4. The monoisotopic (exact) mass is 396 g/mol. The summed E-state index contributed by atoms with van der Waals surface area (Å²) in [6, 6.07) is 10.6. The molecule has 0 bridgehead atoms. The fraction of sp³-hybridized carbons (Fsp3) is 0.565. The maximum atomic E-state index is 12.7. The van der Waals surface area contributed by atoms with Crippen molar-refractivity contribution in [3.63, 3.8) is 0 Å². The Hall–Kier alpha value is -2.18. The van der Waals surface area contributed by atoms with Gasteiger partial charge in [0, 0.05) is 64.5 Å². The third-order valence-electron chi connectivity index (χ3n) is 6.52. The van der Waals surface area contributed by atoms with Crippen molar-refractivity contribution in [1.82, 2.24) is 19.6 Å². The van der Waals surface area contributed by atoms with E-state index in [-0.39, 0.29) is 11.8 Å². The highest BCUT2D eigenvalue weighted by molar-refractivity contribution is 5.91. The summed E-state index contributed by atoms with van der Waals surface area (Å²) >= 11 is 0. The largest absolute Gasteiger partial charge is 0.339 e. The predicted octanol–water partition coefficient (Wildman–Crippen LogP) is 1.54. The number of piperazine rings is 2. The van der Waals surface area contributed by atoms with Gasteiger partial charge < -0.3 is 9.80 Å². The zero-order valence-electron chi connectivity index (χ0n) is 17.2. The Labute approximate surface area is 173 Å². The minimum atomic E-state index is 0.0481. The summed E-state index contributed by atoms with van der Waals surface area (Å²) in [5.41, 5.74) is 1.03. The Morgan fingerprint density at radius 3 is 2.14 bits per heavy atom. The van der Waals surface area contributed by atoms with E-state index in [9.17, 15) is 9.59 Å². The Morgan fingerprint density at radius 1 is 0.862 bits per heavy atom. The Kier molecular flexibility index (Phi) is 6.62. The molecule has 6 heteroatoms. The lowest BCUT2D eigenvalue weighted by Crippen LogP contribution is -2.56. The molecule has 156 valence electrons. The molecule has 4 rings (SSSR count). The lowest BCUT2D eigenvalue weighted by molar-refractivity contribution is -0.135. The smallest absolute Gasteiger partial charge is 0.246 e. The number of amides is 2. The molecule has 2 amide bonds.